The number of halogens is 1. The number of carboxylic acid groups (broad SMARTS) is 1. The smallest absolute Gasteiger partial charge is 0.325 e. The summed E-state index contributed by atoms with van der Waals surface area (Å²) in [5.74, 6) is -1.13. The molecule has 1 rings (SSSR count). The van der Waals surface area contributed by atoms with Gasteiger partial charge >= 0.3 is 5.97 Å². The van der Waals surface area contributed by atoms with Crippen LogP contribution in [-0.4, -0.2) is 23.0 Å². The lowest BCUT2D eigenvalue weighted by molar-refractivity contribution is -0.141. The second-order valence-corrected chi connectivity index (χ2v) is 5.20. The van der Waals surface area contributed by atoms with Crippen LogP contribution in [0.4, 0.5) is 0 Å². The zero-order valence-electron chi connectivity index (χ0n) is 11.0. The van der Waals surface area contributed by atoms with E-state index < -0.39 is 12.0 Å². The van der Waals surface area contributed by atoms with Gasteiger partial charge in [-0.25, -0.2) is 0 Å². The average molecular weight is 284 g/mol. The maximum absolute atomic E-state index is 11.6. The maximum atomic E-state index is 11.6. The predicted molar refractivity (Wildman–Crippen MR) is 74.2 cm³/mol. The van der Waals surface area contributed by atoms with Crippen LogP contribution >= 0.6 is 11.6 Å². The highest BCUT2D eigenvalue weighted by molar-refractivity contribution is 6.30. The van der Waals surface area contributed by atoms with Crippen LogP contribution in [-0.2, 0) is 16.0 Å². The number of amides is 1. The second-order valence-electron chi connectivity index (χ2n) is 4.77. The normalized spacial score (nSPS) is 13.6. The molecule has 0 radical (unpaired) electrons. The number of carboxylic acids is 1. The summed E-state index contributed by atoms with van der Waals surface area (Å²) in [7, 11) is 0. The van der Waals surface area contributed by atoms with Gasteiger partial charge in [0.15, 0.2) is 0 Å². The fourth-order valence-electron chi connectivity index (χ4n) is 1.77. The Bertz CT molecular complexity index is 445. The van der Waals surface area contributed by atoms with E-state index in [-0.39, 0.29) is 11.8 Å². The minimum absolute atomic E-state index is 0.141. The Kier molecular flexibility index (Phi) is 5.83. The number of carbonyl (C=O) groups is 2. The zero-order chi connectivity index (χ0) is 14.4. The van der Waals surface area contributed by atoms with Crippen LogP contribution in [0.1, 0.15) is 25.8 Å². The van der Waals surface area contributed by atoms with Crippen molar-refractivity contribution in [3.05, 3.63) is 34.9 Å². The van der Waals surface area contributed by atoms with Gasteiger partial charge in [-0.15, -0.1) is 0 Å². The fourth-order valence-corrected chi connectivity index (χ4v) is 1.90. The summed E-state index contributed by atoms with van der Waals surface area (Å²) in [5, 5.41) is 11.8. The van der Waals surface area contributed by atoms with Crippen LogP contribution in [0.3, 0.4) is 0 Å². The van der Waals surface area contributed by atoms with E-state index in [0.717, 1.165) is 12.0 Å². The van der Waals surface area contributed by atoms with Crippen LogP contribution < -0.4 is 5.32 Å². The van der Waals surface area contributed by atoms with Crippen LogP contribution in [0.25, 0.3) is 0 Å². The number of hydrogen-bond acceptors (Lipinski definition) is 2. The monoisotopic (exact) mass is 283 g/mol. The Balaban J connectivity index is 2.42. The molecule has 0 saturated heterocycles. The molecule has 0 aliphatic heterocycles. The van der Waals surface area contributed by atoms with Gasteiger partial charge < -0.3 is 10.4 Å². The summed E-state index contributed by atoms with van der Waals surface area (Å²) in [5.41, 5.74) is 1.11. The molecule has 19 heavy (non-hydrogen) atoms. The van der Waals surface area contributed by atoms with Gasteiger partial charge in [0.05, 0.1) is 0 Å². The molecule has 0 aliphatic rings. The van der Waals surface area contributed by atoms with Crippen molar-refractivity contribution in [3.63, 3.8) is 0 Å². The number of aliphatic carboxylic acids is 1. The predicted octanol–water partition coefficient (Wildman–Crippen LogP) is 2.50. The Morgan fingerprint density at radius 3 is 2.37 bits per heavy atom. The van der Waals surface area contributed by atoms with Crippen molar-refractivity contribution in [1.29, 1.82) is 0 Å². The van der Waals surface area contributed by atoms with Gasteiger partial charge in [0.1, 0.15) is 6.04 Å². The molecule has 2 N–H and O–H groups in total. The van der Waals surface area contributed by atoms with Crippen LogP contribution in [0.5, 0.6) is 0 Å². The summed E-state index contributed by atoms with van der Waals surface area (Å²) in [4.78, 5) is 22.2. The molecule has 1 aromatic rings. The van der Waals surface area contributed by atoms with E-state index in [0.29, 0.717) is 11.4 Å². The van der Waals surface area contributed by atoms with Crippen molar-refractivity contribution in [3.8, 4) is 0 Å². The highest BCUT2D eigenvalue weighted by atomic mass is 35.5. The van der Waals surface area contributed by atoms with E-state index in [1.807, 2.05) is 31.2 Å². The average Bonchev–Trinajstić information content (AvgIpc) is 2.31. The molecule has 0 bridgehead atoms. The minimum atomic E-state index is -1.03. The van der Waals surface area contributed by atoms with Gasteiger partial charge in [-0.1, -0.05) is 30.7 Å². The van der Waals surface area contributed by atoms with Crippen LogP contribution in [0.2, 0.25) is 5.02 Å². The lowest BCUT2D eigenvalue weighted by Crippen LogP contribution is -2.39. The third kappa shape index (κ3) is 5.75. The third-order valence-corrected chi connectivity index (χ3v) is 3.03. The quantitative estimate of drug-likeness (QED) is 0.843. The number of rotatable bonds is 6. The van der Waals surface area contributed by atoms with Gasteiger partial charge in [0.2, 0.25) is 5.91 Å². The Hall–Kier alpha value is -1.55. The van der Waals surface area contributed by atoms with E-state index in [2.05, 4.69) is 5.32 Å². The molecule has 2 atom stereocenters. The first-order chi connectivity index (χ1) is 8.88. The first-order valence-corrected chi connectivity index (χ1v) is 6.53. The summed E-state index contributed by atoms with van der Waals surface area (Å²) >= 11 is 5.80. The maximum Gasteiger partial charge on any atom is 0.325 e. The third-order valence-electron chi connectivity index (χ3n) is 2.78. The molecule has 1 amide bonds. The van der Waals surface area contributed by atoms with E-state index in [4.69, 9.17) is 16.7 Å². The van der Waals surface area contributed by atoms with Crippen molar-refractivity contribution in [2.75, 3.05) is 0 Å². The molecule has 0 spiro atoms. The topological polar surface area (TPSA) is 66.4 Å². The molecule has 0 saturated carbocycles. The number of benzene rings is 1. The SMILES string of the molecule is CC(CC(=O)N[C@@H](C)C(=O)O)Cc1ccc(Cl)cc1. The number of carbonyl (C=O) groups excluding carboxylic acids is 1. The Morgan fingerprint density at radius 2 is 1.84 bits per heavy atom. The van der Waals surface area contributed by atoms with Crippen molar-refractivity contribution < 1.29 is 14.7 Å². The van der Waals surface area contributed by atoms with E-state index >= 15 is 0 Å². The molecule has 5 heteroatoms. The van der Waals surface area contributed by atoms with Gasteiger partial charge in [0, 0.05) is 11.4 Å². The molecule has 1 aromatic carbocycles. The second kappa shape index (κ2) is 7.14. The Morgan fingerprint density at radius 1 is 1.26 bits per heavy atom. The standard InChI is InChI=1S/C14H18ClNO3/c1-9(7-11-3-5-12(15)6-4-11)8-13(17)16-10(2)14(18)19/h3-6,9-10H,7-8H2,1-2H3,(H,16,17)(H,18,19)/t9?,10-/m0/s1. The summed E-state index contributed by atoms with van der Waals surface area (Å²) in [6.45, 7) is 3.41. The van der Waals surface area contributed by atoms with Crippen molar-refractivity contribution in [2.45, 2.75) is 32.7 Å². The largest absolute Gasteiger partial charge is 0.480 e. The first kappa shape index (κ1) is 15.5. The zero-order valence-corrected chi connectivity index (χ0v) is 11.8. The molecule has 0 heterocycles. The number of nitrogens with one attached hydrogen (secondary N) is 1. The Labute approximate surface area is 117 Å². The van der Waals surface area contributed by atoms with Crippen molar-refractivity contribution in [2.24, 2.45) is 5.92 Å². The van der Waals surface area contributed by atoms with Crippen LogP contribution in [0.15, 0.2) is 24.3 Å². The lowest BCUT2D eigenvalue weighted by atomic mass is 9.98. The fraction of sp³-hybridized carbons (Fsp3) is 0.429. The first-order valence-electron chi connectivity index (χ1n) is 6.15. The molecule has 0 aromatic heterocycles. The summed E-state index contributed by atoms with van der Waals surface area (Å²) in [6.07, 6.45) is 1.06. The van der Waals surface area contributed by atoms with Gasteiger partial charge in [0.25, 0.3) is 0 Å². The highest BCUT2D eigenvalue weighted by Crippen LogP contribution is 2.15. The molecule has 4 nitrogen and oxygen atoms in total. The van der Waals surface area contributed by atoms with Crippen molar-refractivity contribution >= 4 is 23.5 Å². The van der Waals surface area contributed by atoms with Gasteiger partial charge in [-0.05, 0) is 37.0 Å². The molecular formula is C14H18ClNO3. The number of hydrogen-bond donors (Lipinski definition) is 2. The van der Waals surface area contributed by atoms with Crippen LogP contribution in [0, 0.1) is 5.92 Å². The lowest BCUT2D eigenvalue weighted by Gasteiger charge is -2.13. The summed E-state index contributed by atoms with van der Waals surface area (Å²) < 4.78 is 0. The molecule has 104 valence electrons. The van der Waals surface area contributed by atoms with E-state index in [1.165, 1.54) is 6.92 Å². The summed E-state index contributed by atoms with van der Waals surface area (Å²) in [6, 6.07) is 6.63. The minimum Gasteiger partial charge on any atom is -0.480 e. The van der Waals surface area contributed by atoms with E-state index in [1.54, 1.807) is 0 Å². The van der Waals surface area contributed by atoms with Gasteiger partial charge in [-0.3, -0.25) is 9.59 Å². The molecule has 0 fully saturated rings. The van der Waals surface area contributed by atoms with E-state index in [9.17, 15) is 9.59 Å². The highest BCUT2D eigenvalue weighted by Gasteiger charge is 2.16. The molecule has 1 unspecified atom stereocenters. The van der Waals surface area contributed by atoms with Gasteiger partial charge in [-0.2, -0.15) is 0 Å². The molecular weight excluding hydrogens is 266 g/mol. The van der Waals surface area contributed by atoms with Crippen molar-refractivity contribution in [1.82, 2.24) is 5.32 Å². The molecule has 0 aliphatic carbocycles.